The lowest BCUT2D eigenvalue weighted by atomic mass is 9.97. The summed E-state index contributed by atoms with van der Waals surface area (Å²) in [4.78, 5) is 25.1. The van der Waals surface area contributed by atoms with E-state index in [1.54, 1.807) is 11.0 Å². The van der Waals surface area contributed by atoms with Crippen LogP contribution in [0.1, 0.15) is 37.3 Å². The van der Waals surface area contributed by atoms with E-state index in [0.717, 1.165) is 18.4 Å². The van der Waals surface area contributed by atoms with Gasteiger partial charge < -0.3 is 20.1 Å². The van der Waals surface area contributed by atoms with Gasteiger partial charge in [0.15, 0.2) is 0 Å². The fourth-order valence-electron chi connectivity index (χ4n) is 3.27. The lowest BCUT2D eigenvalue weighted by Crippen LogP contribution is -2.46. The summed E-state index contributed by atoms with van der Waals surface area (Å²) in [5.74, 6) is -1.06. The maximum absolute atomic E-state index is 13.4. The highest BCUT2D eigenvalue weighted by molar-refractivity contribution is 5.76. The summed E-state index contributed by atoms with van der Waals surface area (Å²) in [5.41, 5.74) is 0.780. The van der Waals surface area contributed by atoms with Gasteiger partial charge in [0.2, 0.25) is 0 Å². The number of urea groups is 1. The first kappa shape index (κ1) is 16.5. The van der Waals surface area contributed by atoms with E-state index in [0.29, 0.717) is 38.3 Å². The van der Waals surface area contributed by atoms with Crippen LogP contribution >= 0.6 is 0 Å². The van der Waals surface area contributed by atoms with Crippen molar-refractivity contribution < 1.29 is 23.8 Å². The molecule has 1 aromatic rings. The number of benzene rings is 1. The maximum atomic E-state index is 13.4. The minimum Gasteiger partial charge on any atom is -0.493 e. The molecule has 2 heterocycles. The topological polar surface area (TPSA) is 78.9 Å². The predicted molar refractivity (Wildman–Crippen MR) is 84.3 cm³/mol. The molecule has 1 fully saturated rings. The highest BCUT2D eigenvalue weighted by Crippen LogP contribution is 2.32. The number of carboxylic acids is 1. The molecule has 0 aromatic heterocycles. The van der Waals surface area contributed by atoms with Crippen molar-refractivity contribution in [2.45, 2.75) is 31.7 Å². The van der Waals surface area contributed by atoms with Crippen LogP contribution in [0.15, 0.2) is 18.2 Å². The Morgan fingerprint density at radius 3 is 2.71 bits per heavy atom. The molecule has 7 heteroatoms. The van der Waals surface area contributed by atoms with E-state index in [1.165, 1.54) is 12.1 Å². The van der Waals surface area contributed by atoms with Crippen LogP contribution in [0, 0.1) is 11.7 Å². The minimum absolute atomic E-state index is 0.207. The highest BCUT2D eigenvalue weighted by atomic mass is 19.1. The largest absolute Gasteiger partial charge is 0.493 e. The Morgan fingerprint density at radius 2 is 2.00 bits per heavy atom. The maximum Gasteiger partial charge on any atom is 0.317 e. The van der Waals surface area contributed by atoms with Crippen molar-refractivity contribution in [3.8, 4) is 5.75 Å². The monoisotopic (exact) mass is 336 g/mol. The summed E-state index contributed by atoms with van der Waals surface area (Å²) in [6.07, 6.45) is 2.43. The molecule has 1 aromatic carbocycles. The Labute approximate surface area is 139 Å². The SMILES string of the molecule is O=C(O)C1CCN(C(=O)NC2CCCOc3cc(F)ccc32)CC1. The molecular formula is C17H21FN2O4. The number of nitrogens with zero attached hydrogens (tertiary/aromatic N) is 1. The predicted octanol–water partition coefficient (Wildman–Crippen LogP) is 2.55. The van der Waals surface area contributed by atoms with Crippen LogP contribution in [-0.2, 0) is 4.79 Å². The number of carbonyl (C=O) groups excluding carboxylic acids is 1. The number of halogens is 1. The van der Waals surface area contributed by atoms with Crippen LogP contribution in [0.2, 0.25) is 0 Å². The number of carboxylic acid groups (broad SMARTS) is 1. The fraction of sp³-hybridized carbons (Fsp3) is 0.529. The summed E-state index contributed by atoms with van der Waals surface area (Å²) in [5, 5.41) is 12.0. The molecule has 0 bridgehead atoms. The zero-order chi connectivity index (χ0) is 17.1. The Balaban J connectivity index is 1.66. The summed E-state index contributed by atoms with van der Waals surface area (Å²) in [7, 11) is 0. The average molecular weight is 336 g/mol. The average Bonchev–Trinajstić information content (AvgIpc) is 2.76. The molecule has 0 radical (unpaired) electrons. The van der Waals surface area contributed by atoms with Crippen molar-refractivity contribution >= 4 is 12.0 Å². The van der Waals surface area contributed by atoms with Gasteiger partial charge in [0.25, 0.3) is 0 Å². The highest BCUT2D eigenvalue weighted by Gasteiger charge is 2.29. The Morgan fingerprint density at radius 1 is 1.25 bits per heavy atom. The number of nitrogens with one attached hydrogen (secondary N) is 1. The molecule has 3 rings (SSSR count). The smallest absolute Gasteiger partial charge is 0.317 e. The molecule has 0 aliphatic carbocycles. The van der Waals surface area contributed by atoms with Crippen molar-refractivity contribution in [3.05, 3.63) is 29.6 Å². The second kappa shape index (κ2) is 7.07. The molecule has 1 atom stereocenters. The van der Waals surface area contributed by atoms with Gasteiger partial charge in [-0.25, -0.2) is 9.18 Å². The van der Waals surface area contributed by atoms with Crippen LogP contribution in [0.4, 0.5) is 9.18 Å². The number of rotatable bonds is 2. The van der Waals surface area contributed by atoms with Crippen LogP contribution in [0.25, 0.3) is 0 Å². The summed E-state index contributed by atoms with van der Waals surface area (Å²) >= 11 is 0. The number of amides is 2. The number of ether oxygens (including phenoxy) is 1. The van der Waals surface area contributed by atoms with Crippen molar-refractivity contribution in [2.75, 3.05) is 19.7 Å². The minimum atomic E-state index is -0.799. The third kappa shape index (κ3) is 3.60. The Kier molecular flexibility index (Phi) is 4.87. The van der Waals surface area contributed by atoms with E-state index >= 15 is 0 Å². The van der Waals surface area contributed by atoms with Gasteiger partial charge in [-0.05, 0) is 31.7 Å². The van der Waals surface area contributed by atoms with Crippen LogP contribution in [-0.4, -0.2) is 41.7 Å². The fourth-order valence-corrected chi connectivity index (χ4v) is 3.27. The lowest BCUT2D eigenvalue weighted by Gasteiger charge is -2.31. The van der Waals surface area contributed by atoms with Gasteiger partial charge in [0, 0.05) is 24.7 Å². The summed E-state index contributed by atoms with van der Waals surface area (Å²) in [6.45, 7) is 1.36. The molecule has 1 unspecified atom stereocenters. The number of hydrogen-bond acceptors (Lipinski definition) is 3. The van der Waals surface area contributed by atoms with Gasteiger partial charge in [0.1, 0.15) is 11.6 Å². The van der Waals surface area contributed by atoms with Crippen LogP contribution in [0.5, 0.6) is 5.75 Å². The number of hydrogen-bond donors (Lipinski definition) is 2. The van der Waals surface area contributed by atoms with Crippen molar-refractivity contribution in [1.82, 2.24) is 10.2 Å². The molecule has 130 valence electrons. The zero-order valence-corrected chi connectivity index (χ0v) is 13.3. The van der Waals surface area contributed by atoms with E-state index in [-0.39, 0.29) is 23.8 Å². The normalized spacial score (nSPS) is 21.4. The van der Waals surface area contributed by atoms with Crippen LogP contribution in [0.3, 0.4) is 0 Å². The number of likely N-dealkylation sites (tertiary alicyclic amines) is 1. The van der Waals surface area contributed by atoms with Gasteiger partial charge in [0.05, 0.1) is 18.6 Å². The van der Waals surface area contributed by atoms with E-state index in [4.69, 9.17) is 9.84 Å². The van der Waals surface area contributed by atoms with E-state index in [1.807, 2.05) is 0 Å². The molecular weight excluding hydrogens is 315 g/mol. The standard InChI is InChI=1S/C17H21FN2O4/c18-12-3-4-13-14(2-1-9-24-15(13)10-12)19-17(23)20-7-5-11(6-8-20)16(21)22/h3-4,10-11,14H,1-2,5-9H2,(H,19,23)(H,21,22). The number of aliphatic carboxylic acids is 1. The third-order valence-electron chi connectivity index (χ3n) is 4.67. The zero-order valence-electron chi connectivity index (χ0n) is 13.3. The number of fused-ring (bicyclic) bond motifs is 1. The first-order valence-electron chi connectivity index (χ1n) is 8.25. The van der Waals surface area contributed by atoms with Gasteiger partial charge in [-0.1, -0.05) is 6.07 Å². The lowest BCUT2D eigenvalue weighted by molar-refractivity contribution is -0.143. The summed E-state index contributed by atoms with van der Waals surface area (Å²) < 4.78 is 18.9. The number of carbonyl (C=O) groups is 2. The van der Waals surface area contributed by atoms with Crippen molar-refractivity contribution in [1.29, 1.82) is 0 Å². The van der Waals surface area contributed by atoms with Gasteiger partial charge in [-0.15, -0.1) is 0 Å². The molecule has 2 amide bonds. The Hall–Kier alpha value is -2.31. The molecule has 6 nitrogen and oxygen atoms in total. The first-order chi connectivity index (χ1) is 11.5. The second-order valence-corrected chi connectivity index (χ2v) is 6.27. The number of piperidine rings is 1. The van der Waals surface area contributed by atoms with E-state index in [2.05, 4.69) is 5.32 Å². The molecule has 1 saturated heterocycles. The van der Waals surface area contributed by atoms with Crippen molar-refractivity contribution in [2.24, 2.45) is 5.92 Å². The molecule has 2 N–H and O–H groups in total. The summed E-state index contributed by atoms with van der Waals surface area (Å²) in [6, 6.07) is 3.93. The van der Waals surface area contributed by atoms with Crippen molar-refractivity contribution in [3.63, 3.8) is 0 Å². The van der Waals surface area contributed by atoms with E-state index < -0.39 is 5.97 Å². The molecule has 0 saturated carbocycles. The Bertz CT molecular complexity index is 629. The molecule has 24 heavy (non-hydrogen) atoms. The van der Waals surface area contributed by atoms with Gasteiger partial charge in [-0.2, -0.15) is 0 Å². The molecule has 0 spiro atoms. The quantitative estimate of drug-likeness (QED) is 0.870. The molecule has 2 aliphatic heterocycles. The third-order valence-corrected chi connectivity index (χ3v) is 4.67. The molecule has 2 aliphatic rings. The van der Waals surface area contributed by atoms with E-state index in [9.17, 15) is 14.0 Å². The first-order valence-corrected chi connectivity index (χ1v) is 8.25. The second-order valence-electron chi connectivity index (χ2n) is 6.27. The van der Waals surface area contributed by atoms with Gasteiger partial charge in [-0.3, -0.25) is 4.79 Å². The van der Waals surface area contributed by atoms with Gasteiger partial charge >= 0.3 is 12.0 Å². The van der Waals surface area contributed by atoms with Crippen LogP contribution < -0.4 is 10.1 Å².